The van der Waals surface area contributed by atoms with Crippen LogP contribution in [0.5, 0.6) is 0 Å². The zero-order chi connectivity index (χ0) is 17.9. The van der Waals surface area contributed by atoms with Gasteiger partial charge >= 0.3 is 0 Å². The molecule has 0 saturated carbocycles. The zero-order valence-electron chi connectivity index (χ0n) is 14.1. The lowest BCUT2D eigenvalue weighted by atomic mass is 10.1. The molecule has 0 aromatic carbocycles. The van der Waals surface area contributed by atoms with E-state index in [1.807, 2.05) is 10.7 Å². The summed E-state index contributed by atoms with van der Waals surface area (Å²) in [5, 5.41) is 4.31. The SMILES string of the molecule is CS(=O)(=O)NCCC1CN(C(=O)Cc2ccco2)Cc2ccnn2C1. The van der Waals surface area contributed by atoms with Gasteiger partial charge in [0.25, 0.3) is 0 Å². The van der Waals surface area contributed by atoms with Crippen molar-refractivity contribution in [1.82, 2.24) is 19.4 Å². The molecule has 1 unspecified atom stereocenters. The van der Waals surface area contributed by atoms with Crippen LogP contribution in [0.25, 0.3) is 0 Å². The summed E-state index contributed by atoms with van der Waals surface area (Å²) >= 11 is 0. The lowest BCUT2D eigenvalue weighted by Crippen LogP contribution is -2.36. The highest BCUT2D eigenvalue weighted by Crippen LogP contribution is 2.19. The quantitative estimate of drug-likeness (QED) is 0.808. The highest BCUT2D eigenvalue weighted by Gasteiger charge is 2.26. The average Bonchev–Trinajstić information content (AvgIpc) is 3.15. The molecule has 9 heteroatoms. The molecule has 25 heavy (non-hydrogen) atoms. The molecule has 1 aliphatic rings. The first-order valence-corrected chi connectivity index (χ1v) is 10.1. The molecule has 0 radical (unpaired) electrons. The summed E-state index contributed by atoms with van der Waals surface area (Å²) in [5.74, 6) is 0.750. The Bertz CT molecular complexity index is 813. The van der Waals surface area contributed by atoms with Crippen molar-refractivity contribution in [3.63, 3.8) is 0 Å². The van der Waals surface area contributed by atoms with Crippen molar-refractivity contribution in [2.24, 2.45) is 5.92 Å². The summed E-state index contributed by atoms with van der Waals surface area (Å²) in [6.07, 6.45) is 5.28. The Hall–Kier alpha value is -2.13. The van der Waals surface area contributed by atoms with E-state index in [0.717, 1.165) is 11.9 Å². The van der Waals surface area contributed by atoms with Gasteiger partial charge in [-0.15, -0.1) is 0 Å². The molecule has 0 saturated heterocycles. The molecule has 0 bridgehead atoms. The van der Waals surface area contributed by atoms with Crippen LogP contribution in [0.2, 0.25) is 0 Å². The molecule has 1 amide bonds. The van der Waals surface area contributed by atoms with Crippen LogP contribution in [0.1, 0.15) is 17.9 Å². The van der Waals surface area contributed by atoms with Gasteiger partial charge in [-0.25, -0.2) is 13.1 Å². The molecule has 0 fully saturated rings. The van der Waals surface area contributed by atoms with Gasteiger partial charge in [0.15, 0.2) is 0 Å². The maximum Gasteiger partial charge on any atom is 0.230 e. The van der Waals surface area contributed by atoms with Crippen LogP contribution >= 0.6 is 0 Å². The number of carbonyl (C=O) groups is 1. The summed E-state index contributed by atoms with van der Waals surface area (Å²) in [4.78, 5) is 14.5. The monoisotopic (exact) mass is 366 g/mol. The molecule has 2 aromatic rings. The number of furan rings is 1. The predicted molar refractivity (Wildman–Crippen MR) is 91.0 cm³/mol. The van der Waals surface area contributed by atoms with Gasteiger partial charge < -0.3 is 9.32 Å². The van der Waals surface area contributed by atoms with Gasteiger partial charge in [-0.2, -0.15) is 5.10 Å². The van der Waals surface area contributed by atoms with Crippen LogP contribution in [0.15, 0.2) is 35.1 Å². The Balaban J connectivity index is 1.69. The number of rotatable bonds is 6. The van der Waals surface area contributed by atoms with E-state index in [1.165, 1.54) is 0 Å². The summed E-state index contributed by atoms with van der Waals surface area (Å²) < 4.78 is 32.2. The van der Waals surface area contributed by atoms with Gasteiger partial charge in [-0.1, -0.05) is 0 Å². The Morgan fingerprint density at radius 1 is 1.40 bits per heavy atom. The summed E-state index contributed by atoms with van der Waals surface area (Å²) in [6.45, 7) is 2.07. The first-order chi connectivity index (χ1) is 11.9. The van der Waals surface area contributed by atoms with Crippen molar-refractivity contribution < 1.29 is 17.6 Å². The van der Waals surface area contributed by atoms with Crippen molar-refractivity contribution in [1.29, 1.82) is 0 Å². The van der Waals surface area contributed by atoms with Crippen LogP contribution in [0.3, 0.4) is 0 Å². The molecule has 3 rings (SSSR count). The zero-order valence-corrected chi connectivity index (χ0v) is 14.9. The molecule has 0 aliphatic carbocycles. The number of nitrogens with zero attached hydrogens (tertiary/aromatic N) is 3. The minimum Gasteiger partial charge on any atom is -0.469 e. The number of hydrogen-bond donors (Lipinski definition) is 1. The van der Waals surface area contributed by atoms with Crippen LogP contribution in [-0.4, -0.2) is 48.4 Å². The number of aromatic nitrogens is 2. The third-order valence-electron chi connectivity index (χ3n) is 4.24. The topological polar surface area (TPSA) is 97.4 Å². The molecule has 1 atom stereocenters. The average molecular weight is 366 g/mol. The minimum absolute atomic E-state index is 0.00864. The number of hydrogen-bond acceptors (Lipinski definition) is 5. The smallest absolute Gasteiger partial charge is 0.230 e. The Morgan fingerprint density at radius 2 is 2.24 bits per heavy atom. The maximum atomic E-state index is 12.7. The molecular weight excluding hydrogens is 344 g/mol. The normalized spacial score (nSPS) is 18.0. The van der Waals surface area contributed by atoms with E-state index in [2.05, 4.69) is 9.82 Å². The Labute approximate surface area is 146 Å². The molecule has 3 heterocycles. The Morgan fingerprint density at radius 3 is 2.96 bits per heavy atom. The standard InChI is InChI=1S/C16H22N4O4S/c1-25(22,23)18-7-4-13-10-19(12-14-5-6-17-20(14)11-13)16(21)9-15-3-2-8-24-15/h2-3,5-6,8,13,18H,4,7,9-12H2,1H3. The second-order valence-electron chi connectivity index (χ2n) is 6.36. The lowest BCUT2D eigenvalue weighted by Gasteiger charge is -2.24. The van der Waals surface area contributed by atoms with E-state index in [9.17, 15) is 13.2 Å². The first-order valence-electron chi connectivity index (χ1n) is 8.16. The summed E-state index contributed by atoms with van der Waals surface area (Å²) in [7, 11) is -3.21. The van der Waals surface area contributed by atoms with Crippen molar-refractivity contribution in [2.75, 3.05) is 19.3 Å². The van der Waals surface area contributed by atoms with E-state index in [4.69, 9.17) is 4.42 Å². The number of carbonyl (C=O) groups excluding carboxylic acids is 1. The summed E-state index contributed by atoms with van der Waals surface area (Å²) in [5.41, 5.74) is 0.978. The molecule has 2 aromatic heterocycles. The second-order valence-corrected chi connectivity index (χ2v) is 8.19. The van der Waals surface area contributed by atoms with Gasteiger partial charge in [-0.05, 0) is 30.5 Å². The minimum atomic E-state index is -3.21. The maximum absolute atomic E-state index is 12.7. The number of fused-ring (bicyclic) bond motifs is 1. The first kappa shape index (κ1) is 17.7. The molecule has 1 N–H and O–H groups in total. The third-order valence-corrected chi connectivity index (χ3v) is 4.97. The highest BCUT2D eigenvalue weighted by molar-refractivity contribution is 7.88. The van der Waals surface area contributed by atoms with Gasteiger partial charge in [-0.3, -0.25) is 9.48 Å². The van der Waals surface area contributed by atoms with E-state index in [1.54, 1.807) is 29.5 Å². The van der Waals surface area contributed by atoms with Crippen molar-refractivity contribution in [3.05, 3.63) is 42.1 Å². The van der Waals surface area contributed by atoms with E-state index >= 15 is 0 Å². The fourth-order valence-electron chi connectivity index (χ4n) is 3.03. The Kier molecular flexibility index (Phi) is 5.24. The molecule has 1 aliphatic heterocycles. The van der Waals surface area contributed by atoms with E-state index in [0.29, 0.717) is 38.4 Å². The van der Waals surface area contributed by atoms with Gasteiger partial charge in [0.05, 0.1) is 31.2 Å². The molecular formula is C16H22N4O4S. The largest absolute Gasteiger partial charge is 0.469 e. The third kappa shape index (κ3) is 4.93. The molecule has 136 valence electrons. The summed E-state index contributed by atoms with van der Waals surface area (Å²) in [6, 6.07) is 5.46. The fraction of sp³-hybridized carbons (Fsp3) is 0.500. The van der Waals surface area contributed by atoms with Gasteiger partial charge in [0.1, 0.15) is 5.76 Å². The van der Waals surface area contributed by atoms with Crippen LogP contribution in [0.4, 0.5) is 0 Å². The van der Waals surface area contributed by atoms with E-state index < -0.39 is 10.0 Å². The molecule has 0 spiro atoms. The van der Waals surface area contributed by atoms with E-state index in [-0.39, 0.29) is 18.2 Å². The van der Waals surface area contributed by atoms with Crippen LogP contribution < -0.4 is 4.72 Å². The fourth-order valence-corrected chi connectivity index (χ4v) is 3.52. The van der Waals surface area contributed by atoms with Crippen molar-refractivity contribution in [3.8, 4) is 0 Å². The second kappa shape index (κ2) is 7.40. The van der Waals surface area contributed by atoms with Crippen LogP contribution in [0, 0.1) is 5.92 Å². The van der Waals surface area contributed by atoms with Crippen molar-refractivity contribution in [2.45, 2.75) is 25.9 Å². The number of nitrogens with one attached hydrogen (secondary N) is 1. The molecule has 8 nitrogen and oxygen atoms in total. The number of amides is 1. The van der Waals surface area contributed by atoms with Crippen LogP contribution in [-0.2, 0) is 34.3 Å². The van der Waals surface area contributed by atoms with Gasteiger partial charge in [0.2, 0.25) is 15.9 Å². The predicted octanol–water partition coefficient (Wildman–Crippen LogP) is 0.616. The number of sulfonamides is 1. The highest BCUT2D eigenvalue weighted by atomic mass is 32.2. The van der Waals surface area contributed by atoms with Gasteiger partial charge in [0, 0.05) is 25.8 Å². The van der Waals surface area contributed by atoms with Crippen molar-refractivity contribution >= 4 is 15.9 Å². The lowest BCUT2D eigenvalue weighted by molar-refractivity contribution is -0.131.